The standard InChI is InChI=1S/C16H27N5O/c1-13-16(22-14(2)18-13)11-20-9-10-21(12-20)15-3-6-19(7-4-15)8-5-17/h9-10,15H,3-8,11-12,17H2,1-2H3. The smallest absolute Gasteiger partial charge is 0.191 e. The van der Waals surface area contributed by atoms with Gasteiger partial charge in [0.25, 0.3) is 0 Å². The maximum Gasteiger partial charge on any atom is 0.191 e. The molecule has 0 atom stereocenters. The molecule has 0 aromatic carbocycles. The maximum absolute atomic E-state index is 5.67. The van der Waals surface area contributed by atoms with Crippen molar-refractivity contribution in [2.45, 2.75) is 39.3 Å². The summed E-state index contributed by atoms with van der Waals surface area (Å²) in [4.78, 5) is 11.6. The summed E-state index contributed by atoms with van der Waals surface area (Å²) in [5.74, 6) is 1.72. The fourth-order valence-electron chi connectivity index (χ4n) is 3.39. The highest BCUT2D eigenvalue weighted by Crippen LogP contribution is 2.22. The maximum atomic E-state index is 5.67. The zero-order valence-corrected chi connectivity index (χ0v) is 13.7. The minimum absolute atomic E-state index is 0.646. The topological polar surface area (TPSA) is 61.8 Å². The van der Waals surface area contributed by atoms with Crippen LogP contribution in [0, 0.1) is 13.8 Å². The zero-order chi connectivity index (χ0) is 15.5. The first kappa shape index (κ1) is 15.4. The van der Waals surface area contributed by atoms with Crippen molar-refractivity contribution in [3.63, 3.8) is 0 Å². The van der Waals surface area contributed by atoms with Gasteiger partial charge < -0.3 is 24.9 Å². The van der Waals surface area contributed by atoms with Gasteiger partial charge in [-0.3, -0.25) is 0 Å². The van der Waals surface area contributed by atoms with Crippen molar-refractivity contribution in [3.8, 4) is 0 Å². The van der Waals surface area contributed by atoms with E-state index < -0.39 is 0 Å². The Kier molecular flexibility index (Phi) is 4.69. The SMILES string of the molecule is Cc1nc(C)c(CN2C=CN(C3CCN(CCN)CC3)C2)o1. The largest absolute Gasteiger partial charge is 0.444 e. The third-order valence-electron chi connectivity index (χ3n) is 4.63. The Morgan fingerprint density at radius 2 is 2.05 bits per heavy atom. The Morgan fingerprint density at radius 3 is 2.68 bits per heavy atom. The molecule has 1 aromatic rings. The number of rotatable bonds is 5. The van der Waals surface area contributed by atoms with Gasteiger partial charge in [-0.15, -0.1) is 0 Å². The van der Waals surface area contributed by atoms with E-state index in [-0.39, 0.29) is 0 Å². The van der Waals surface area contributed by atoms with Gasteiger partial charge >= 0.3 is 0 Å². The molecule has 0 radical (unpaired) electrons. The number of aryl methyl sites for hydroxylation is 2. The van der Waals surface area contributed by atoms with Crippen LogP contribution in [0.25, 0.3) is 0 Å². The van der Waals surface area contributed by atoms with E-state index in [1.807, 2.05) is 13.8 Å². The van der Waals surface area contributed by atoms with Crippen LogP contribution in [0.3, 0.4) is 0 Å². The Hall–Kier alpha value is -1.53. The highest BCUT2D eigenvalue weighted by molar-refractivity contribution is 5.09. The second-order valence-corrected chi connectivity index (χ2v) is 6.30. The van der Waals surface area contributed by atoms with Crippen LogP contribution in [-0.4, -0.2) is 58.6 Å². The summed E-state index contributed by atoms with van der Waals surface area (Å²) < 4.78 is 5.67. The molecule has 0 amide bonds. The van der Waals surface area contributed by atoms with Crippen LogP contribution in [0.5, 0.6) is 0 Å². The predicted molar refractivity (Wildman–Crippen MR) is 85.9 cm³/mol. The summed E-state index contributed by atoms with van der Waals surface area (Å²) in [6.07, 6.45) is 6.84. The van der Waals surface area contributed by atoms with Gasteiger partial charge in [0.1, 0.15) is 5.76 Å². The molecule has 6 nitrogen and oxygen atoms in total. The van der Waals surface area contributed by atoms with Crippen LogP contribution in [-0.2, 0) is 6.54 Å². The molecule has 1 fully saturated rings. The molecule has 1 saturated heterocycles. The van der Waals surface area contributed by atoms with Gasteiger partial charge in [0.2, 0.25) is 0 Å². The van der Waals surface area contributed by atoms with E-state index >= 15 is 0 Å². The van der Waals surface area contributed by atoms with Gasteiger partial charge in [-0.2, -0.15) is 0 Å². The number of aromatic nitrogens is 1. The zero-order valence-electron chi connectivity index (χ0n) is 13.7. The van der Waals surface area contributed by atoms with Gasteiger partial charge in [-0.25, -0.2) is 4.98 Å². The number of oxazole rings is 1. The monoisotopic (exact) mass is 305 g/mol. The van der Waals surface area contributed by atoms with Crippen molar-refractivity contribution in [2.24, 2.45) is 5.73 Å². The molecular formula is C16H27N5O. The molecule has 0 unspecified atom stereocenters. The van der Waals surface area contributed by atoms with Crippen molar-refractivity contribution in [1.82, 2.24) is 19.7 Å². The molecule has 2 aliphatic heterocycles. The minimum atomic E-state index is 0.646. The molecule has 2 aliphatic rings. The van der Waals surface area contributed by atoms with E-state index in [4.69, 9.17) is 10.2 Å². The van der Waals surface area contributed by atoms with E-state index in [0.717, 1.165) is 56.7 Å². The molecule has 1 aromatic heterocycles. The molecule has 3 heterocycles. The fraction of sp³-hybridized carbons (Fsp3) is 0.688. The third kappa shape index (κ3) is 3.44. The Labute approximate surface area is 132 Å². The molecule has 6 heteroatoms. The van der Waals surface area contributed by atoms with Crippen LogP contribution in [0.1, 0.15) is 30.2 Å². The van der Waals surface area contributed by atoms with Crippen LogP contribution in [0.15, 0.2) is 16.8 Å². The van der Waals surface area contributed by atoms with Crippen molar-refractivity contribution >= 4 is 0 Å². The molecule has 0 aliphatic carbocycles. The molecule has 22 heavy (non-hydrogen) atoms. The molecular weight excluding hydrogens is 278 g/mol. The van der Waals surface area contributed by atoms with Gasteiger partial charge in [-0.05, 0) is 19.8 Å². The minimum Gasteiger partial charge on any atom is -0.444 e. The average molecular weight is 305 g/mol. The average Bonchev–Trinajstić information content (AvgIpc) is 3.08. The first-order valence-corrected chi connectivity index (χ1v) is 8.19. The lowest BCUT2D eigenvalue weighted by Crippen LogP contribution is -2.44. The normalized spacial score (nSPS) is 20.3. The first-order valence-electron chi connectivity index (χ1n) is 8.19. The van der Waals surface area contributed by atoms with Crippen molar-refractivity contribution in [2.75, 3.05) is 32.8 Å². The highest BCUT2D eigenvalue weighted by Gasteiger charge is 2.26. The molecule has 0 bridgehead atoms. The van der Waals surface area contributed by atoms with E-state index in [2.05, 4.69) is 32.1 Å². The lowest BCUT2D eigenvalue weighted by atomic mass is 10.0. The van der Waals surface area contributed by atoms with Crippen molar-refractivity contribution in [1.29, 1.82) is 0 Å². The summed E-state index contributed by atoms with van der Waals surface area (Å²) in [7, 11) is 0. The van der Waals surface area contributed by atoms with E-state index in [9.17, 15) is 0 Å². The Bertz CT molecular complexity index is 519. The van der Waals surface area contributed by atoms with Gasteiger partial charge in [0.15, 0.2) is 5.89 Å². The fourth-order valence-corrected chi connectivity index (χ4v) is 3.39. The highest BCUT2D eigenvalue weighted by atomic mass is 16.4. The van der Waals surface area contributed by atoms with Gasteiger partial charge in [0.05, 0.1) is 18.9 Å². The summed E-state index contributed by atoms with van der Waals surface area (Å²) in [6.45, 7) is 9.76. The number of likely N-dealkylation sites (tertiary alicyclic amines) is 1. The summed E-state index contributed by atoms with van der Waals surface area (Å²) >= 11 is 0. The quantitative estimate of drug-likeness (QED) is 0.884. The lowest BCUT2D eigenvalue weighted by molar-refractivity contribution is 0.123. The van der Waals surface area contributed by atoms with E-state index in [0.29, 0.717) is 6.04 Å². The summed E-state index contributed by atoms with van der Waals surface area (Å²) in [5, 5.41) is 0. The number of nitrogens with two attached hydrogens (primary N) is 1. The van der Waals surface area contributed by atoms with Crippen molar-refractivity contribution < 1.29 is 4.42 Å². The van der Waals surface area contributed by atoms with Gasteiger partial charge in [0, 0.05) is 51.5 Å². The molecule has 0 spiro atoms. The number of piperidine rings is 1. The second kappa shape index (κ2) is 6.71. The third-order valence-corrected chi connectivity index (χ3v) is 4.63. The van der Waals surface area contributed by atoms with Crippen LogP contribution in [0.4, 0.5) is 0 Å². The first-order chi connectivity index (χ1) is 10.7. The molecule has 2 N–H and O–H groups in total. The lowest BCUT2D eigenvalue weighted by Gasteiger charge is -2.37. The Morgan fingerprint density at radius 1 is 1.27 bits per heavy atom. The van der Waals surface area contributed by atoms with Crippen LogP contribution < -0.4 is 5.73 Å². The second-order valence-electron chi connectivity index (χ2n) is 6.30. The number of nitrogens with zero attached hydrogens (tertiary/aromatic N) is 4. The van der Waals surface area contributed by atoms with E-state index in [1.54, 1.807) is 0 Å². The van der Waals surface area contributed by atoms with Crippen LogP contribution >= 0.6 is 0 Å². The van der Waals surface area contributed by atoms with Crippen molar-refractivity contribution in [3.05, 3.63) is 29.7 Å². The number of hydrogen-bond acceptors (Lipinski definition) is 6. The van der Waals surface area contributed by atoms with E-state index in [1.165, 1.54) is 12.8 Å². The number of hydrogen-bond donors (Lipinski definition) is 1. The van der Waals surface area contributed by atoms with Gasteiger partial charge in [-0.1, -0.05) is 0 Å². The molecule has 0 saturated carbocycles. The molecule has 3 rings (SSSR count). The summed E-state index contributed by atoms with van der Waals surface area (Å²) in [5.41, 5.74) is 6.64. The predicted octanol–water partition coefficient (Wildman–Crippen LogP) is 1.26. The Balaban J connectivity index is 1.49. The van der Waals surface area contributed by atoms with Crippen LogP contribution in [0.2, 0.25) is 0 Å². The molecule has 122 valence electrons. The summed E-state index contributed by atoms with van der Waals surface area (Å²) in [6, 6.07) is 0.646.